The van der Waals surface area contributed by atoms with E-state index in [9.17, 15) is 0 Å². The first-order valence-corrected chi connectivity index (χ1v) is 7.72. The second kappa shape index (κ2) is 5.10. The van der Waals surface area contributed by atoms with Gasteiger partial charge in [0.25, 0.3) is 0 Å². The van der Waals surface area contributed by atoms with Gasteiger partial charge in [-0.25, -0.2) is 0 Å². The molecule has 2 unspecified atom stereocenters. The van der Waals surface area contributed by atoms with E-state index >= 15 is 0 Å². The Morgan fingerprint density at radius 3 is 2.37 bits per heavy atom. The van der Waals surface area contributed by atoms with E-state index in [-0.39, 0.29) is 0 Å². The van der Waals surface area contributed by atoms with Crippen molar-refractivity contribution in [3.05, 3.63) is 29.3 Å². The van der Waals surface area contributed by atoms with Gasteiger partial charge in [0.2, 0.25) is 5.13 Å². The molecule has 19 heavy (non-hydrogen) atoms. The second-order valence-electron chi connectivity index (χ2n) is 5.08. The lowest BCUT2D eigenvalue weighted by molar-refractivity contribution is 0.686. The van der Waals surface area contributed by atoms with E-state index < -0.39 is 0 Å². The Bertz CT molecular complexity index is 556. The Kier molecular flexibility index (Phi) is 3.46. The van der Waals surface area contributed by atoms with Gasteiger partial charge in [-0.1, -0.05) is 35.1 Å². The van der Waals surface area contributed by atoms with Gasteiger partial charge < -0.3 is 4.90 Å². The van der Waals surface area contributed by atoms with Gasteiger partial charge >= 0.3 is 0 Å². The summed E-state index contributed by atoms with van der Waals surface area (Å²) in [4.78, 5) is 2.39. The zero-order valence-electron chi connectivity index (χ0n) is 11.0. The van der Waals surface area contributed by atoms with Crippen LogP contribution in [0.4, 0.5) is 5.13 Å². The van der Waals surface area contributed by atoms with E-state index in [1.165, 1.54) is 12.8 Å². The molecule has 1 aromatic carbocycles. The average Bonchev–Trinajstić information content (AvgIpc) is 2.98. The van der Waals surface area contributed by atoms with Crippen LogP contribution in [0.1, 0.15) is 26.7 Å². The summed E-state index contributed by atoms with van der Waals surface area (Å²) in [6.45, 7) is 4.51. The Balaban J connectivity index is 1.89. The number of halogens is 1. The summed E-state index contributed by atoms with van der Waals surface area (Å²) >= 11 is 7.56. The second-order valence-corrected chi connectivity index (χ2v) is 6.47. The molecule has 0 spiro atoms. The third-order valence-corrected chi connectivity index (χ3v) is 4.92. The van der Waals surface area contributed by atoms with Gasteiger partial charge in [0.1, 0.15) is 5.01 Å². The van der Waals surface area contributed by atoms with E-state index in [0.717, 1.165) is 20.7 Å². The molecule has 1 saturated heterocycles. The van der Waals surface area contributed by atoms with Crippen LogP contribution in [0, 0.1) is 0 Å². The van der Waals surface area contributed by atoms with Crippen LogP contribution in [0.2, 0.25) is 5.02 Å². The van der Waals surface area contributed by atoms with Crippen LogP contribution >= 0.6 is 22.9 Å². The molecular weight excluding hydrogens is 278 g/mol. The van der Waals surface area contributed by atoms with Gasteiger partial charge in [0, 0.05) is 22.7 Å². The lowest BCUT2D eigenvalue weighted by atomic mass is 10.2. The number of aromatic nitrogens is 2. The molecule has 2 heterocycles. The molecule has 3 nitrogen and oxygen atoms in total. The van der Waals surface area contributed by atoms with Gasteiger partial charge in [-0.2, -0.15) is 0 Å². The molecular formula is C14H16ClN3S. The summed E-state index contributed by atoms with van der Waals surface area (Å²) in [5.41, 5.74) is 1.08. The van der Waals surface area contributed by atoms with Crippen molar-refractivity contribution in [2.45, 2.75) is 38.8 Å². The topological polar surface area (TPSA) is 29.0 Å². The highest BCUT2D eigenvalue weighted by molar-refractivity contribution is 7.18. The van der Waals surface area contributed by atoms with Crippen molar-refractivity contribution >= 4 is 28.1 Å². The molecule has 0 radical (unpaired) electrons. The molecule has 100 valence electrons. The SMILES string of the molecule is CC1CCC(C)N1c1nnc(-c2ccc(Cl)cc2)s1. The van der Waals surface area contributed by atoms with Crippen LogP contribution in [0.15, 0.2) is 24.3 Å². The van der Waals surface area contributed by atoms with Gasteiger partial charge in [-0.3, -0.25) is 0 Å². The summed E-state index contributed by atoms with van der Waals surface area (Å²) < 4.78 is 0. The number of nitrogens with zero attached hydrogens (tertiary/aromatic N) is 3. The summed E-state index contributed by atoms with van der Waals surface area (Å²) in [6.07, 6.45) is 2.47. The molecule has 0 bridgehead atoms. The molecule has 2 atom stereocenters. The maximum atomic E-state index is 5.91. The van der Waals surface area contributed by atoms with Gasteiger partial charge in [-0.15, -0.1) is 10.2 Å². The standard InChI is InChI=1S/C14H16ClN3S/c1-9-3-4-10(2)18(9)14-17-16-13(19-14)11-5-7-12(15)8-6-11/h5-10H,3-4H2,1-2H3. The van der Waals surface area contributed by atoms with Crippen LogP contribution < -0.4 is 4.90 Å². The van der Waals surface area contributed by atoms with Crippen LogP contribution in [0.25, 0.3) is 10.6 Å². The number of hydrogen-bond donors (Lipinski definition) is 0. The maximum absolute atomic E-state index is 5.91. The van der Waals surface area contributed by atoms with E-state index in [4.69, 9.17) is 11.6 Å². The Morgan fingerprint density at radius 1 is 1.11 bits per heavy atom. The van der Waals surface area contributed by atoms with Crippen molar-refractivity contribution in [1.82, 2.24) is 10.2 Å². The summed E-state index contributed by atoms with van der Waals surface area (Å²) in [7, 11) is 0. The Hall–Kier alpha value is -1.13. The largest absolute Gasteiger partial charge is 0.341 e. The highest BCUT2D eigenvalue weighted by Crippen LogP contribution is 2.35. The number of anilines is 1. The number of benzene rings is 1. The molecule has 0 N–H and O–H groups in total. The lowest BCUT2D eigenvalue weighted by Crippen LogP contribution is -2.32. The first-order chi connectivity index (χ1) is 9.15. The molecule has 1 aromatic heterocycles. The minimum atomic E-state index is 0.556. The Morgan fingerprint density at radius 2 is 1.74 bits per heavy atom. The van der Waals surface area contributed by atoms with E-state index in [1.54, 1.807) is 11.3 Å². The monoisotopic (exact) mass is 293 g/mol. The van der Waals surface area contributed by atoms with Crippen LogP contribution in [0.3, 0.4) is 0 Å². The van der Waals surface area contributed by atoms with Crippen molar-refractivity contribution in [2.75, 3.05) is 4.90 Å². The zero-order chi connectivity index (χ0) is 13.4. The fraction of sp³-hybridized carbons (Fsp3) is 0.429. The summed E-state index contributed by atoms with van der Waals surface area (Å²) in [5.74, 6) is 0. The predicted molar refractivity (Wildman–Crippen MR) is 81.0 cm³/mol. The highest BCUT2D eigenvalue weighted by atomic mass is 35.5. The summed E-state index contributed by atoms with van der Waals surface area (Å²) in [5, 5.41) is 11.4. The van der Waals surface area contributed by atoms with Gasteiger partial charge in [0.15, 0.2) is 0 Å². The van der Waals surface area contributed by atoms with E-state index in [0.29, 0.717) is 12.1 Å². The number of hydrogen-bond acceptors (Lipinski definition) is 4. The maximum Gasteiger partial charge on any atom is 0.209 e. The van der Waals surface area contributed by atoms with Crippen LogP contribution in [-0.4, -0.2) is 22.3 Å². The summed E-state index contributed by atoms with van der Waals surface area (Å²) in [6, 6.07) is 8.87. The molecule has 1 aliphatic heterocycles. The van der Waals surface area contributed by atoms with Crippen molar-refractivity contribution in [3.63, 3.8) is 0 Å². The third-order valence-electron chi connectivity index (χ3n) is 3.68. The van der Waals surface area contributed by atoms with Crippen molar-refractivity contribution in [2.24, 2.45) is 0 Å². The highest BCUT2D eigenvalue weighted by Gasteiger charge is 2.29. The molecule has 1 aliphatic rings. The fourth-order valence-electron chi connectivity index (χ4n) is 2.60. The fourth-order valence-corrected chi connectivity index (χ4v) is 3.78. The molecule has 1 fully saturated rings. The van der Waals surface area contributed by atoms with Crippen LogP contribution in [-0.2, 0) is 0 Å². The molecule has 3 rings (SSSR count). The van der Waals surface area contributed by atoms with E-state index in [2.05, 4.69) is 28.9 Å². The molecule has 5 heteroatoms. The van der Waals surface area contributed by atoms with Gasteiger partial charge in [0.05, 0.1) is 0 Å². The van der Waals surface area contributed by atoms with Gasteiger partial charge in [-0.05, 0) is 38.8 Å². The minimum absolute atomic E-state index is 0.556. The minimum Gasteiger partial charge on any atom is -0.341 e. The molecule has 0 saturated carbocycles. The smallest absolute Gasteiger partial charge is 0.209 e. The Labute approximate surface area is 122 Å². The van der Waals surface area contributed by atoms with Crippen molar-refractivity contribution in [3.8, 4) is 10.6 Å². The zero-order valence-corrected chi connectivity index (χ0v) is 12.6. The van der Waals surface area contributed by atoms with Crippen molar-refractivity contribution in [1.29, 1.82) is 0 Å². The molecule has 2 aromatic rings. The first kappa shape index (κ1) is 12.9. The number of rotatable bonds is 2. The predicted octanol–water partition coefficient (Wildman–Crippen LogP) is 4.24. The van der Waals surface area contributed by atoms with Crippen molar-refractivity contribution < 1.29 is 0 Å². The normalized spacial score (nSPS) is 23.0. The lowest BCUT2D eigenvalue weighted by Gasteiger charge is -2.24. The average molecular weight is 294 g/mol. The first-order valence-electron chi connectivity index (χ1n) is 6.53. The van der Waals surface area contributed by atoms with E-state index in [1.807, 2.05) is 24.3 Å². The molecule has 0 aliphatic carbocycles. The quantitative estimate of drug-likeness (QED) is 0.829. The van der Waals surface area contributed by atoms with Crippen LogP contribution in [0.5, 0.6) is 0 Å². The molecule has 0 amide bonds. The third kappa shape index (κ3) is 2.47.